The van der Waals surface area contributed by atoms with Crippen molar-refractivity contribution in [1.82, 2.24) is 10.2 Å². The van der Waals surface area contributed by atoms with E-state index in [1.807, 2.05) is 29.2 Å². The lowest BCUT2D eigenvalue weighted by Gasteiger charge is -2.24. The topological polar surface area (TPSA) is 64.6 Å². The third-order valence-corrected chi connectivity index (χ3v) is 4.03. The Labute approximate surface area is 133 Å². The Hall–Kier alpha value is -0.950. The molecular weight excluding hydrogens is 334 g/mol. The van der Waals surface area contributed by atoms with Crippen LogP contribution in [0.15, 0.2) is 28.7 Å². The molecule has 3 N–H and O–H groups in total. The Bertz CT molecular complexity index is 464. The number of carbonyl (C=O) groups is 1. The van der Waals surface area contributed by atoms with Crippen LogP contribution in [0.5, 0.6) is 0 Å². The predicted octanol–water partition coefficient (Wildman–Crippen LogP) is 1.43. The number of carbonyl (C=O) groups excluding carboxylic acids is 1. The Balaban J connectivity index is 1.85. The normalized spacial score (nSPS) is 18.1. The van der Waals surface area contributed by atoms with Gasteiger partial charge in [-0.25, -0.2) is 0 Å². The third-order valence-electron chi connectivity index (χ3n) is 3.53. The fourth-order valence-corrected chi connectivity index (χ4v) is 2.97. The van der Waals surface area contributed by atoms with Gasteiger partial charge in [0.1, 0.15) is 0 Å². The molecule has 0 saturated carbocycles. The molecule has 0 aromatic heterocycles. The maximum Gasteiger partial charge on any atom is 0.238 e. The van der Waals surface area contributed by atoms with Crippen LogP contribution in [-0.4, -0.2) is 54.7 Å². The van der Waals surface area contributed by atoms with Crippen molar-refractivity contribution in [2.75, 3.05) is 38.1 Å². The number of anilines is 1. The molecule has 1 saturated heterocycles. The summed E-state index contributed by atoms with van der Waals surface area (Å²) in [6.07, 6.45) is 2.32. The summed E-state index contributed by atoms with van der Waals surface area (Å²) in [7, 11) is 0. The van der Waals surface area contributed by atoms with Crippen LogP contribution in [0.4, 0.5) is 5.69 Å². The molecule has 116 valence electrons. The molecule has 0 spiro atoms. The zero-order valence-corrected chi connectivity index (χ0v) is 13.6. The summed E-state index contributed by atoms with van der Waals surface area (Å²) >= 11 is 3.38. The number of halogens is 1. The van der Waals surface area contributed by atoms with E-state index in [2.05, 4.69) is 26.6 Å². The summed E-state index contributed by atoms with van der Waals surface area (Å²) in [4.78, 5) is 14.1. The maximum absolute atomic E-state index is 12.1. The van der Waals surface area contributed by atoms with Crippen molar-refractivity contribution in [3.05, 3.63) is 28.7 Å². The van der Waals surface area contributed by atoms with Crippen LogP contribution in [0.25, 0.3) is 0 Å². The highest BCUT2D eigenvalue weighted by molar-refractivity contribution is 9.10. The van der Waals surface area contributed by atoms with Crippen LogP contribution in [0.1, 0.15) is 12.8 Å². The SMILES string of the molecule is O=C(CN(CCO)CC1CCCN1)Nc1cccc(Br)c1. The van der Waals surface area contributed by atoms with Crippen LogP contribution < -0.4 is 10.6 Å². The van der Waals surface area contributed by atoms with Crippen molar-refractivity contribution in [3.8, 4) is 0 Å². The molecule has 1 atom stereocenters. The molecule has 1 amide bonds. The molecule has 1 aromatic rings. The Kier molecular flexibility index (Phi) is 6.63. The molecule has 1 aliphatic heterocycles. The number of rotatable bonds is 7. The average molecular weight is 356 g/mol. The van der Waals surface area contributed by atoms with Crippen molar-refractivity contribution in [2.24, 2.45) is 0 Å². The first-order valence-corrected chi connectivity index (χ1v) is 8.08. The summed E-state index contributed by atoms with van der Waals surface area (Å²) in [5, 5.41) is 15.4. The van der Waals surface area contributed by atoms with Gasteiger partial charge in [0.25, 0.3) is 0 Å². The smallest absolute Gasteiger partial charge is 0.238 e. The second kappa shape index (κ2) is 8.48. The minimum Gasteiger partial charge on any atom is -0.395 e. The Morgan fingerprint density at radius 1 is 1.52 bits per heavy atom. The monoisotopic (exact) mass is 355 g/mol. The van der Waals surface area contributed by atoms with Crippen molar-refractivity contribution >= 4 is 27.5 Å². The number of benzene rings is 1. The summed E-state index contributed by atoms with van der Waals surface area (Å²) < 4.78 is 0.933. The Morgan fingerprint density at radius 3 is 3.05 bits per heavy atom. The van der Waals surface area contributed by atoms with Crippen LogP contribution >= 0.6 is 15.9 Å². The van der Waals surface area contributed by atoms with E-state index in [1.165, 1.54) is 6.42 Å². The molecule has 21 heavy (non-hydrogen) atoms. The molecule has 6 heteroatoms. The van der Waals surface area contributed by atoms with E-state index in [9.17, 15) is 4.79 Å². The van der Waals surface area contributed by atoms with E-state index in [1.54, 1.807) is 0 Å². The van der Waals surface area contributed by atoms with Crippen molar-refractivity contribution in [3.63, 3.8) is 0 Å². The van der Waals surface area contributed by atoms with Gasteiger partial charge < -0.3 is 15.7 Å². The summed E-state index contributed by atoms with van der Waals surface area (Å²) in [6, 6.07) is 7.95. The first-order chi connectivity index (χ1) is 10.2. The molecule has 0 bridgehead atoms. The lowest BCUT2D eigenvalue weighted by atomic mass is 10.2. The Morgan fingerprint density at radius 2 is 2.38 bits per heavy atom. The minimum atomic E-state index is -0.0560. The molecule has 5 nitrogen and oxygen atoms in total. The van der Waals surface area contributed by atoms with Crippen LogP contribution in [0, 0.1) is 0 Å². The number of hydrogen-bond acceptors (Lipinski definition) is 4. The lowest BCUT2D eigenvalue weighted by Crippen LogP contribution is -2.42. The molecular formula is C15H22BrN3O2. The highest BCUT2D eigenvalue weighted by Crippen LogP contribution is 2.15. The number of amides is 1. The van der Waals surface area contributed by atoms with E-state index < -0.39 is 0 Å². The summed E-state index contributed by atoms with van der Waals surface area (Å²) in [6.45, 7) is 2.72. The molecule has 1 aromatic carbocycles. The maximum atomic E-state index is 12.1. The van der Waals surface area contributed by atoms with Crippen LogP contribution in [0.3, 0.4) is 0 Å². The van der Waals surface area contributed by atoms with Gasteiger partial charge >= 0.3 is 0 Å². The quantitative estimate of drug-likeness (QED) is 0.692. The van der Waals surface area contributed by atoms with Gasteiger partial charge in [0, 0.05) is 29.3 Å². The fraction of sp³-hybridized carbons (Fsp3) is 0.533. The van der Waals surface area contributed by atoms with Crippen molar-refractivity contribution in [1.29, 1.82) is 0 Å². The molecule has 0 aliphatic carbocycles. The minimum absolute atomic E-state index is 0.0560. The van der Waals surface area contributed by atoms with Crippen LogP contribution in [-0.2, 0) is 4.79 Å². The number of aliphatic hydroxyl groups is 1. The van der Waals surface area contributed by atoms with E-state index in [-0.39, 0.29) is 12.5 Å². The first kappa shape index (κ1) is 16.4. The van der Waals surface area contributed by atoms with Crippen molar-refractivity contribution in [2.45, 2.75) is 18.9 Å². The summed E-state index contributed by atoms with van der Waals surface area (Å²) in [5.74, 6) is -0.0560. The number of nitrogens with zero attached hydrogens (tertiary/aromatic N) is 1. The van der Waals surface area contributed by atoms with Gasteiger partial charge in [-0.2, -0.15) is 0 Å². The number of nitrogens with one attached hydrogen (secondary N) is 2. The van der Waals surface area contributed by atoms with Crippen LogP contribution in [0.2, 0.25) is 0 Å². The van der Waals surface area contributed by atoms with Gasteiger partial charge in [-0.15, -0.1) is 0 Å². The van der Waals surface area contributed by atoms with E-state index >= 15 is 0 Å². The molecule has 1 unspecified atom stereocenters. The zero-order chi connectivity index (χ0) is 15.1. The van der Waals surface area contributed by atoms with Gasteiger partial charge in [0.2, 0.25) is 5.91 Å². The van der Waals surface area contributed by atoms with E-state index in [4.69, 9.17) is 5.11 Å². The number of hydrogen-bond donors (Lipinski definition) is 3. The molecule has 1 aliphatic rings. The zero-order valence-electron chi connectivity index (χ0n) is 12.0. The van der Waals surface area contributed by atoms with Gasteiger partial charge in [-0.1, -0.05) is 22.0 Å². The van der Waals surface area contributed by atoms with Gasteiger partial charge in [-0.05, 0) is 37.6 Å². The van der Waals surface area contributed by atoms with Gasteiger partial charge in [0.15, 0.2) is 0 Å². The van der Waals surface area contributed by atoms with Gasteiger partial charge in [-0.3, -0.25) is 9.69 Å². The van der Waals surface area contributed by atoms with Crippen molar-refractivity contribution < 1.29 is 9.90 Å². The second-order valence-electron chi connectivity index (χ2n) is 5.31. The second-order valence-corrected chi connectivity index (χ2v) is 6.23. The fourth-order valence-electron chi connectivity index (χ4n) is 2.57. The highest BCUT2D eigenvalue weighted by Gasteiger charge is 2.19. The van der Waals surface area contributed by atoms with E-state index in [0.717, 1.165) is 29.7 Å². The predicted molar refractivity (Wildman–Crippen MR) is 87.3 cm³/mol. The average Bonchev–Trinajstić information content (AvgIpc) is 2.91. The summed E-state index contributed by atoms with van der Waals surface area (Å²) in [5.41, 5.74) is 0.775. The standard InChI is InChI=1S/C15H22BrN3O2/c16-12-3-1-4-13(9-12)18-15(21)11-19(7-8-20)10-14-5-2-6-17-14/h1,3-4,9,14,17,20H,2,5-8,10-11H2,(H,18,21). The molecule has 1 heterocycles. The first-order valence-electron chi connectivity index (χ1n) is 7.29. The largest absolute Gasteiger partial charge is 0.395 e. The molecule has 2 rings (SSSR count). The molecule has 1 fully saturated rings. The third kappa shape index (κ3) is 5.74. The van der Waals surface area contributed by atoms with E-state index in [0.29, 0.717) is 19.1 Å². The lowest BCUT2D eigenvalue weighted by molar-refractivity contribution is -0.117. The molecule has 0 radical (unpaired) electrons. The number of aliphatic hydroxyl groups excluding tert-OH is 1. The highest BCUT2D eigenvalue weighted by atomic mass is 79.9. The van der Waals surface area contributed by atoms with Gasteiger partial charge in [0.05, 0.1) is 13.2 Å².